The number of rotatable bonds is 3. The minimum absolute atomic E-state index is 0.0858. The van der Waals surface area contributed by atoms with Crippen LogP contribution in [0.2, 0.25) is 0 Å². The van der Waals surface area contributed by atoms with Crippen molar-refractivity contribution >= 4 is 18.7 Å². The molecule has 1 fully saturated rings. The fourth-order valence-electron chi connectivity index (χ4n) is 4.15. The Morgan fingerprint density at radius 3 is 2.37 bits per heavy atom. The summed E-state index contributed by atoms with van der Waals surface area (Å²) in [6.07, 6.45) is 0.725. The third-order valence-corrected chi connectivity index (χ3v) is 6.46. The van der Waals surface area contributed by atoms with Gasteiger partial charge in [-0.1, -0.05) is 26.0 Å². The van der Waals surface area contributed by atoms with Crippen molar-refractivity contribution in [2.75, 3.05) is 6.54 Å². The van der Waals surface area contributed by atoms with Crippen molar-refractivity contribution in [3.05, 3.63) is 28.8 Å². The molecule has 0 radical (unpaired) electrons. The molecule has 0 bridgehead atoms. The van der Waals surface area contributed by atoms with Gasteiger partial charge in [-0.25, -0.2) is 4.79 Å². The number of hydrogen-bond acceptors (Lipinski definition) is 3. The summed E-state index contributed by atoms with van der Waals surface area (Å²) in [5, 5.41) is 9.64. The van der Waals surface area contributed by atoms with Crippen molar-refractivity contribution in [3.8, 4) is 0 Å². The van der Waals surface area contributed by atoms with E-state index in [4.69, 9.17) is 9.31 Å². The lowest BCUT2D eigenvalue weighted by Gasteiger charge is -2.37. The minimum atomic E-state index is -0.834. The number of hydrogen-bond donors (Lipinski definition) is 1. The number of fused-ring (bicyclic) bond motifs is 1. The lowest BCUT2D eigenvalue weighted by Crippen LogP contribution is -2.42. The van der Waals surface area contributed by atoms with Crippen LogP contribution in [0, 0.1) is 12.8 Å². The monoisotopic (exact) mass is 373 g/mol. The van der Waals surface area contributed by atoms with Gasteiger partial charge < -0.3 is 19.3 Å². The third kappa shape index (κ3) is 3.50. The molecule has 148 valence electrons. The van der Waals surface area contributed by atoms with Crippen LogP contribution in [0.3, 0.4) is 0 Å². The van der Waals surface area contributed by atoms with Gasteiger partial charge in [-0.3, -0.25) is 0 Å². The van der Waals surface area contributed by atoms with Crippen LogP contribution < -0.4 is 5.46 Å². The number of carboxylic acid groups (broad SMARTS) is 1. The van der Waals surface area contributed by atoms with E-state index >= 15 is 0 Å². The molecule has 2 aliphatic rings. The van der Waals surface area contributed by atoms with Crippen LogP contribution >= 0.6 is 0 Å². The summed E-state index contributed by atoms with van der Waals surface area (Å²) in [5.41, 5.74) is 3.87. The van der Waals surface area contributed by atoms with Crippen LogP contribution in [-0.4, -0.2) is 41.0 Å². The smallest absolute Gasteiger partial charge is 0.465 e. The zero-order valence-electron chi connectivity index (χ0n) is 17.6. The van der Waals surface area contributed by atoms with E-state index < -0.39 is 6.09 Å². The highest BCUT2D eigenvalue weighted by atomic mass is 16.7. The number of amides is 1. The molecule has 6 heteroatoms. The molecular formula is C21H32BNO4. The molecule has 2 heterocycles. The van der Waals surface area contributed by atoms with Crippen LogP contribution in [0.15, 0.2) is 12.1 Å². The molecule has 1 atom stereocenters. The first-order chi connectivity index (χ1) is 12.4. The second-order valence-corrected chi connectivity index (χ2v) is 9.31. The first-order valence-electron chi connectivity index (χ1n) is 9.92. The highest BCUT2D eigenvalue weighted by Crippen LogP contribution is 2.39. The molecular weight excluding hydrogens is 341 g/mol. The minimum Gasteiger partial charge on any atom is -0.465 e. The fourth-order valence-corrected chi connectivity index (χ4v) is 4.15. The van der Waals surface area contributed by atoms with Crippen LogP contribution in [0.4, 0.5) is 4.79 Å². The lowest BCUT2D eigenvalue weighted by atomic mass is 9.72. The van der Waals surface area contributed by atoms with Gasteiger partial charge in [0.05, 0.1) is 17.2 Å². The third-order valence-electron chi connectivity index (χ3n) is 6.46. The summed E-state index contributed by atoms with van der Waals surface area (Å²) in [5.74, 6) is 0.422. The molecule has 1 aromatic rings. The SMILES string of the molecule is Cc1c(B2OC(C)(C)C(C)(C)O2)ccc2c1CCN(C(=O)O)C2CC(C)C. The highest BCUT2D eigenvalue weighted by Gasteiger charge is 2.52. The van der Waals surface area contributed by atoms with Gasteiger partial charge in [0.15, 0.2) is 0 Å². The molecule has 27 heavy (non-hydrogen) atoms. The predicted molar refractivity (Wildman–Crippen MR) is 108 cm³/mol. The summed E-state index contributed by atoms with van der Waals surface area (Å²) in [6.45, 7) is 15.2. The Morgan fingerprint density at radius 1 is 1.26 bits per heavy atom. The molecule has 1 amide bonds. The van der Waals surface area contributed by atoms with Crippen molar-refractivity contribution in [2.45, 2.75) is 78.6 Å². The van der Waals surface area contributed by atoms with Gasteiger partial charge in [0.1, 0.15) is 0 Å². The molecule has 1 unspecified atom stereocenters. The summed E-state index contributed by atoms with van der Waals surface area (Å²) in [7, 11) is -0.388. The zero-order valence-corrected chi connectivity index (χ0v) is 17.6. The van der Waals surface area contributed by atoms with Gasteiger partial charge in [0.25, 0.3) is 0 Å². The Kier molecular flexibility index (Phi) is 5.11. The Balaban J connectivity index is 1.99. The van der Waals surface area contributed by atoms with Crippen LogP contribution in [-0.2, 0) is 15.7 Å². The second-order valence-electron chi connectivity index (χ2n) is 9.31. The van der Waals surface area contributed by atoms with Crippen molar-refractivity contribution in [1.29, 1.82) is 0 Å². The maximum absolute atomic E-state index is 11.7. The molecule has 2 aliphatic heterocycles. The molecule has 0 aliphatic carbocycles. The van der Waals surface area contributed by atoms with Crippen LogP contribution in [0.5, 0.6) is 0 Å². The molecule has 1 aromatic carbocycles. The first kappa shape index (κ1) is 20.2. The molecule has 0 aromatic heterocycles. The van der Waals surface area contributed by atoms with Gasteiger partial charge >= 0.3 is 13.2 Å². The Bertz CT molecular complexity index is 728. The molecule has 1 N–H and O–H groups in total. The van der Waals surface area contributed by atoms with Gasteiger partial charge in [-0.15, -0.1) is 0 Å². The van der Waals surface area contributed by atoms with Gasteiger partial charge in [0.2, 0.25) is 0 Å². The Hall–Kier alpha value is -1.53. The summed E-state index contributed by atoms with van der Waals surface area (Å²) in [6, 6.07) is 4.07. The molecule has 1 saturated heterocycles. The normalized spacial score (nSPS) is 23.6. The van der Waals surface area contributed by atoms with E-state index in [0.717, 1.165) is 23.9 Å². The predicted octanol–water partition coefficient (Wildman–Crippen LogP) is 3.92. The van der Waals surface area contributed by atoms with Crippen LogP contribution in [0.25, 0.3) is 0 Å². The molecule has 0 saturated carbocycles. The van der Waals surface area contributed by atoms with E-state index in [0.29, 0.717) is 12.5 Å². The lowest BCUT2D eigenvalue weighted by molar-refractivity contribution is 0.00578. The van der Waals surface area contributed by atoms with E-state index in [1.54, 1.807) is 4.90 Å². The number of carbonyl (C=O) groups is 1. The first-order valence-corrected chi connectivity index (χ1v) is 9.92. The summed E-state index contributed by atoms with van der Waals surface area (Å²) in [4.78, 5) is 13.3. The maximum atomic E-state index is 11.7. The highest BCUT2D eigenvalue weighted by molar-refractivity contribution is 6.62. The van der Waals surface area contributed by atoms with Crippen molar-refractivity contribution in [3.63, 3.8) is 0 Å². The van der Waals surface area contributed by atoms with Gasteiger partial charge in [-0.2, -0.15) is 0 Å². The van der Waals surface area contributed by atoms with E-state index in [1.165, 1.54) is 11.1 Å². The zero-order chi connectivity index (χ0) is 20.1. The number of nitrogens with zero attached hydrogens (tertiary/aromatic N) is 1. The number of benzene rings is 1. The maximum Gasteiger partial charge on any atom is 0.495 e. The molecule has 3 rings (SSSR count). The van der Waals surface area contributed by atoms with E-state index in [1.807, 2.05) is 0 Å². The fraction of sp³-hybridized carbons (Fsp3) is 0.667. The summed E-state index contributed by atoms with van der Waals surface area (Å²) < 4.78 is 12.5. The van der Waals surface area contributed by atoms with Crippen molar-refractivity contribution in [2.24, 2.45) is 5.92 Å². The van der Waals surface area contributed by atoms with Gasteiger partial charge in [-0.05, 0) is 75.5 Å². The summed E-state index contributed by atoms with van der Waals surface area (Å²) >= 11 is 0. The quantitative estimate of drug-likeness (QED) is 0.816. The van der Waals surface area contributed by atoms with Crippen molar-refractivity contribution in [1.82, 2.24) is 4.90 Å². The Labute approximate surface area is 163 Å². The molecule has 0 spiro atoms. The largest absolute Gasteiger partial charge is 0.495 e. The van der Waals surface area contributed by atoms with E-state index in [2.05, 4.69) is 60.6 Å². The Morgan fingerprint density at radius 2 is 1.85 bits per heavy atom. The van der Waals surface area contributed by atoms with E-state index in [9.17, 15) is 9.90 Å². The standard InChI is InChI=1S/C21H32BNO4/c1-13(2)12-18-16-8-9-17(22-26-20(4,5)21(6,7)27-22)14(3)15(16)10-11-23(18)19(24)25/h8-9,13,18H,10-12H2,1-7H3,(H,24,25). The topological polar surface area (TPSA) is 59.0 Å². The average Bonchev–Trinajstić information content (AvgIpc) is 2.75. The van der Waals surface area contributed by atoms with Crippen LogP contribution in [0.1, 0.15) is 70.7 Å². The molecule has 5 nitrogen and oxygen atoms in total. The average molecular weight is 373 g/mol. The van der Waals surface area contributed by atoms with E-state index in [-0.39, 0.29) is 24.4 Å². The van der Waals surface area contributed by atoms with Gasteiger partial charge in [0, 0.05) is 6.54 Å². The second kappa shape index (κ2) is 6.82. The van der Waals surface area contributed by atoms with Crippen molar-refractivity contribution < 1.29 is 19.2 Å².